The molecule has 1 aromatic carbocycles. The lowest BCUT2D eigenvalue weighted by Crippen LogP contribution is -3.14. The molecule has 2 rings (SSSR count). The molecular formula is C16H23N2O2+. The molecule has 0 bridgehead atoms. The predicted octanol–water partition coefficient (Wildman–Crippen LogP) is 0.367. The van der Waals surface area contributed by atoms with Crippen LogP contribution in [0, 0.1) is 0 Å². The maximum absolute atomic E-state index is 12.3. The summed E-state index contributed by atoms with van der Waals surface area (Å²) in [6.45, 7) is 10.1. The molecule has 1 fully saturated rings. The molecule has 0 aliphatic carbocycles. The van der Waals surface area contributed by atoms with Gasteiger partial charge in [-0.1, -0.05) is 24.8 Å². The monoisotopic (exact) mass is 275 g/mol. The van der Waals surface area contributed by atoms with Crippen LogP contribution in [0.15, 0.2) is 43.0 Å². The zero-order valence-corrected chi connectivity index (χ0v) is 12.0. The molecule has 1 heterocycles. The number of amides is 1. The molecule has 0 aromatic heterocycles. The Hall–Kier alpha value is -1.81. The van der Waals surface area contributed by atoms with Gasteiger partial charge in [0, 0.05) is 0 Å². The number of benzene rings is 1. The van der Waals surface area contributed by atoms with E-state index in [2.05, 4.69) is 6.58 Å². The van der Waals surface area contributed by atoms with Gasteiger partial charge in [0.25, 0.3) is 5.91 Å². The SMILES string of the molecule is C=CC[NH+]1CCN(C(=O)[C@H](C)Oc2ccccc2)CC1. The third-order valence-electron chi connectivity index (χ3n) is 3.62. The van der Waals surface area contributed by atoms with E-state index in [1.54, 1.807) is 0 Å². The van der Waals surface area contributed by atoms with Gasteiger partial charge in [-0.25, -0.2) is 0 Å². The van der Waals surface area contributed by atoms with Crippen LogP contribution < -0.4 is 9.64 Å². The summed E-state index contributed by atoms with van der Waals surface area (Å²) in [6.07, 6.45) is 1.51. The number of hydrogen-bond donors (Lipinski definition) is 1. The maximum Gasteiger partial charge on any atom is 0.263 e. The average molecular weight is 275 g/mol. The van der Waals surface area contributed by atoms with Crippen LogP contribution in [-0.2, 0) is 4.79 Å². The first kappa shape index (κ1) is 14.6. The number of carbonyl (C=O) groups is 1. The van der Waals surface area contributed by atoms with Crippen molar-refractivity contribution in [1.82, 2.24) is 4.90 Å². The van der Waals surface area contributed by atoms with E-state index in [0.717, 1.165) is 38.5 Å². The summed E-state index contributed by atoms with van der Waals surface area (Å²) in [4.78, 5) is 15.7. The van der Waals surface area contributed by atoms with Crippen LogP contribution in [0.25, 0.3) is 0 Å². The van der Waals surface area contributed by atoms with Gasteiger partial charge in [0.1, 0.15) is 5.75 Å². The van der Waals surface area contributed by atoms with E-state index in [1.807, 2.05) is 48.2 Å². The molecule has 0 saturated carbocycles. The summed E-state index contributed by atoms with van der Waals surface area (Å²) in [5, 5.41) is 0. The number of hydrogen-bond acceptors (Lipinski definition) is 2. The molecule has 1 atom stereocenters. The number of para-hydroxylation sites is 1. The average Bonchev–Trinajstić information content (AvgIpc) is 2.48. The molecular weight excluding hydrogens is 252 g/mol. The quantitative estimate of drug-likeness (QED) is 0.788. The van der Waals surface area contributed by atoms with Gasteiger partial charge in [0.05, 0.1) is 32.7 Å². The summed E-state index contributed by atoms with van der Waals surface area (Å²) in [7, 11) is 0. The highest BCUT2D eigenvalue weighted by Crippen LogP contribution is 2.12. The number of rotatable bonds is 5. The van der Waals surface area contributed by atoms with Gasteiger partial charge < -0.3 is 14.5 Å². The molecule has 1 aliphatic heterocycles. The van der Waals surface area contributed by atoms with Gasteiger partial charge in [0.2, 0.25) is 0 Å². The van der Waals surface area contributed by atoms with E-state index in [4.69, 9.17) is 4.74 Å². The second-order valence-corrected chi connectivity index (χ2v) is 5.14. The molecule has 4 heteroatoms. The van der Waals surface area contributed by atoms with Crippen molar-refractivity contribution >= 4 is 5.91 Å². The van der Waals surface area contributed by atoms with Crippen LogP contribution >= 0.6 is 0 Å². The molecule has 1 aromatic rings. The van der Waals surface area contributed by atoms with Gasteiger partial charge in [-0.2, -0.15) is 0 Å². The van der Waals surface area contributed by atoms with Crippen LogP contribution in [0.2, 0.25) is 0 Å². The molecule has 1 N–H and O–H groups in total. The van der Waals surface area contributed by atoms with Crippen LogP contribution in [0.1, 0.15) is 6.92 Å². The van der Waals surface area contributed by atoms with Crippen molar-refractivity contribution in [3.05, 3.63) is 43.0 Å². The van der Waals surface area contributed by atoms with Gasteiger partial charge in [-0.3, -0.25) is 4.79 Å². The standard InChI is InChI=1S/C16H22N2O2/c1-3-9-17-10-12-18(13-11-17)16(19)14(2)20-15-7-5-4-6-8-15/h3-8,14H,1,9-13H2,2H3/p+1/t14-/m0/s1. The number of nitrogens with one attached hydrogen (secondary N) is 1. The Kier molecular flexibility index (Phi) is 5.18. The van der Waals surface area contributed by atoms with Crippen molar-refractivity contribution in [2.75, 3.05) is 32.7 Å². The molecule has 4 nitrogen and oxygen atoms in total. The number of quaternary nitrogens is 1. The molecule has 108 valence electrons. The second kappa shape index (κ2) is 7.10. The zero-order valence-electron chi connectivity index (χ0n) is 12.0. The second-order valence-electron chi connectivity index (χ2n) is 5.14. The first-order valence-corrected chi connectivity index (χ1v) is 7.15. The third kappa shape index (κ3) is 3.84. The van der Waals surface area contributed by atoms with E-state index >= 15 is 0 Å². The van der Waals surface area contributed by atoms with E-state index in [9.17, 15) is 4.79 Å². The smallest absolute Gasteiger partial charge is 0.263 e. The van der Waals surface area contributed by atoms with E-state index < -0.39 is 6.10 Å². The molecule has 1 aliphatic rings. The number of nitrogens with zero attached hydrogens (tertiary/aromatic N) is 1. The first-order valence-electron chi connectivity index (χ1n) is 7.15. The Balaban J connectivity index is 1.84. The summed E-state index contributed by atoms with van der Waals surface area (Å²) in [5.41, 5.74) is 0. The van der Waals surface area contributed by atoms with Crippen LogP contribution in [0.3, 0.4) is 0 Å². The highest BCUT2D eigenvalue weighted by Gasteiger charge is 2.27. The van der Waals surface area contributed by atoms with E-state index in [1.165, 1.54) is 4.90 Å². The highest BCUT2D eigenvalue weighted by molar-refractivity contribution is 5.81. The zero-order chi connectivity index (χ0) is 14.4. The van der Waals surface area contributed by atoms with Crippen molar-refractivity contribution in [2.24, 2.45) is 0 Å². The fourth-order valence-electron chi connectivity index (χ4n) is 2.46. The van der Waals surface area contributed by atoms with Gasteiger partial charge in [0.15, 0.2) is 6.10 Å². The van der Waals surface area contributed by atoms with Crippen molar-refractivity contribution in [3.8, 4) is 5.75 Å². The third-order valence-corrected chi connectivity index (χ3v) is 3.62. The fourth-order valence-corrected chi connectivity index (χ4v) is 2.46. The van der Waals surface area contributed by atoms with Crippen molar-refractivity contribution < 1.29 is 14.4 Å². The number of carbonyl (C=O) groups excluding carboxylic acids is 1. The largest absolute Gasteiger partial charge is 0.481 e. The van der Waals surface area contributed by atoms with E-state index in [-0.39, 0.29) is 5.91 Å². The summed E-state index contributed by atoms with van der Waals surface area (Å²) in [6, 6.07) is 9.49. The van der Waals surface area contributed by atoms with Crippen molar-refractivity contribution in [3.63, 3.8) is 0 Å². The minimum Gasteiger partial charge on any atom is -0.481 e. The molecule has 1 amide bonds. The summed E-state index contributed by atoms with van der Waals surface area (Å²) < 4.78 is 5.69. The Morgan fingerprint density at radius 2 is 2.05 bits per heavy atom. The summed E-state index contributed by atoms with van der Waals surface area (Å²) in [5.74, 6) is 0.816. The number of ether oxygens (including phenoxy) is 1. The van der Waals surface area contributed by atoms with Crippen molar-refractivity contribution in [1.29, 1.82) is 0 Å². The topological polar surface area (TPSA) is 34.0 Å². The molecule has 0 radical (unpaired) electrons. The molecule has 0 spiro atoms. The Bertz CT molecular complexity index is 439. The molecule has 1 saturated heterocycles. The van der Waals surface area contributed by atoms with Crippen LogP contribution in [-0.4, -0.2) is 49.6 Å². The summed E-state index contributed by atoms with van der Waals surface area (Å²) >= 11 is 0. The van der Waals surface area contributed by atoms with Crippen LogP contribution in [0.4, 0.5) is 0 Å². The minimum atomic E-state index is -0.432. The highest BCUT2D eigenvalue weighted by atomic mass is 16.5. The lowest BCUT2D eigenvalue weighted by Gasteiger charge is -2.33. The minimum absolute atomic E-state index is 0.0755. The normalized spacial score (nSPS) is 17.6. The lowest BCUT2D eigenvalue weighted by molar-refractivity contribution is -0.898. The van der Waals surface area contributed by atoms with Gasteiger partial charge >= 0.3 is 0 Å². The van der Waals surface area contributed by atoms with E-state index in [0.29, 0.717) is 0 Å². The Morgan fingerprint density at radius 1 is 1.40 bits per heavy atom. The Labute approximate surface area is 120 Å². The molecule has 20 heavy (non-hydrogen) atoms. The Morgan fingerprint density at radius 3 is 2.65 bits per heavy atom. The maximum atomic E-state index is 12.3. The molecule has 0 unspecified atom stereocenters. The van der Waals surface area contributed by atoms with Crippen LogP contribution in [0.5, 0.6) is 5.75 Å². The lowest BCUT2D eigenvalue weighted by atomic mass is 10.2. The first-order chi connectivity index (χ1) is 9.70. The number of piperazine rings is 1. The van der Waals surface area contributed by atoms with Crippen molar-refractivity contribution in [2.45, 2.75) is 13.0 Å². The van der Waals surface area contributed by atoms with Gasteiger partial charge in [-0.15, -0.1) is 0 Å². The van der Waals surface area contributed by atoms with Gasteiger partial charge in [-0.05, 0) is 25.1 Å². The fraction of sp³-hybridized carbons (Fsp3) is 0.438. The predicted molar refractivity (Wildman–Crippen MR) is 78.9 cm³/mol.